The highest BCUT2D eigenvalue weighted by atomic mass is 16.1. The van der Waals surface area contributed by atoms with Crippen LogP contribution in [0.4, 0.5) is 0 Å². The fourth-order valence-electron chi connectivity index (χ4n) is 14.6. The lowest BCUT2D eigenvalue weighted by atomic mass is 9.67. The highest BCUT2D eigenvalue weighted by Gasteiger charge is 2.48. The molecule has 0 bridgehead atoms. The van der Waals surface area contributed by atoms with Crippen LogP contribution in [0.5, 0.6) is 0 Å². The number of carbonyl (C=O) groups is 3. The summed E-state index contributed by atoms with van der Waals surface area (Å²) in [7, 11) is 0. The van der Waals surface area contributed by atoms with Crippen molar-refractivity contribution in [2.75, 3.05) is 0 Å². The molecule has 0 radical (unpaired) electrons. The van der Waals surface area contributed by atoms with Crippen LogP contribution in [-0.2, 0) is 10.8 Å². The quantitative estimate of drug-likeness (QED) is 0.135. The number of hydrogen-bond acceptors (Lipinski definition) is 3. The van der Waals surface area contributed by atoms with Gasteiger partial charge in [0.25, 0.3) is 0 Å². The second kappa shape index (κ2) is 20.5. The first-order valence-corrected chi connectivity index (χ1v) is 29.8. The normalized spacial score (nSPS) is 14.3. The predicted octanol–water partition coefficient (Wildman–Crippen LogP) is 19.3. The number of rotatable bonds is 9. The van der Waals surface area contributed by atoms with Gasteiger partial charge in [-0.05, 0) is 173 Å². The number of para-hydroxylation sites is 2. The monoisotopic (exact) mass is 1120 g/mol. The van der Waals surface area contributed by atoms with E-state index in [1.807, 2.05) is 36.4 Å². The molecule has 1 unspecified atom stereocenters. The van der Waals surface area contributed by atoms with Crippen molar-refractivity contribution in [3.8, 4) is 33.6 Å². The van der Waals surface area contributed by atoms with Gasteiger partial charge >= 0.3 is 0 Å². The molecule has 0 amide bonds. The van der Waals surface area contributed by atoms with E-state index in [0.717, 1.165) is 52.4 Å². The van der Waals surface area contributed by atoms with Crippen LogP contribution in [0.3, 0.4) is 0 Å². The average molecular weight is 1120 g/mol. The summed E-state index contributed by atoms with van der Waals surface area (Å²) in [6.45, 7) is 10.8. The van der Waals surface area contributed by atoms with Crippen LogP contribution in [0.25, 0.3) is 77.2 Å². The van der Waals surface area contributed by atoms with Gasteiger partial charge in [-0.25, -0.2) is 0 Å². The van der Waals surface area contributed by atoms with Gasteiger partial charge in [0.05, 0.1) is 32.9 Å². The van der Waals surface area contributed by atoms with Crippen LogP contribution >= 0.6 is 0 Å². The number of aryl methyl sites for hydroxylation is 5. The Morgan fingerprint density at radius 1 is 0.264 bits per heavy atom. The molecule has 16 rings (SSSR count). The third kappa shape index (κ3) is 8.10. The fourth-order valence-corrected chi connectivity index (χ4v) is 14.6. The van der Waals surface area contributed by atoms with Crippen LogP contribution in [0.15, 0.2) is 255 Å². The Hall–Kier alpha value is -10.8. The zero-order chi connectivity index (χ0) is 59.3. The molecule has 0 spiro atoms. The number of carbonyl (C=O) groups excluding carboxylic acids is 3. The third-order valence-corrected chi connectivity index (χ3v) is 18.6. The van der Waals surface area contributed by atoms with E-state index < -0.39 is 10.8 Å². The molecule has 2 heterocycles. The zero-order valence-electron chi connectivity index (χ0n) is 49.1. The van der Waals surface area contributed by atoms with E-state index in [0.29, 0.717) is 16.7 Å². The number of aldehydes is 3. The summed E-state index contributed by atoms with van der Waals surface area (Å²) in [6.07, 6.45) is 2.70. The topological polar surface area (TPSA) is 61.1 Å². The van der Waals surface area contributed by atoms with Crippen molar-refractivity contribution in [2.45, 2.75) is 45.4 Å². The zero-order valence-corrected chi connectivity index (χ0v) is 49.1. The number of benzene rings is 12. The SMILES string of the molecule is Cc1ccc(C2(c3ccc(C=O)cc3)c3cc(C)ccc3-c3cc4c(cc32)c2ccc(C)cc2n4-c2ccccc2)cc1.Cc1ccc2c(c1)C(c1ccc(C=O)cc1)(c1ccc(C=O)cc1)c1cc3c4ccc(C)cc4n(-c4ccccc4)c3cc1-2. The molecule has 5 nitrogen and oxygen atoms in total. The molecule has 2 aromatic heterocycles. The van der Waals surface area contributed by atoms with Gasteiger partial charge < -0.3 is 9.13 Å². The van der Waals surface area contributed by atoms with Crippen LogP contribution in [0.2, 0.25) is 0 Å². The molecule has 0 aliphatic heterocycles. The standard InChI is InChI=1S/C41H29NO2.C41H31NO/c1-26-8-18-33-35-23-40-36(34-19-9-27(2)21-39(34)42(40)32-6-4-3-5-7-32)22-38(35)41(37(33)20-26,30-14-10-28(24-43)11-15-30)31-16-12-29(25-44)13-17-31;1-26-9-15-30(16-10-26)41(31-17-13-29(25-43)14-18-31)37-21-27(2)11-19-33(37)35-24-40-36(23-38(35)41)34-20-12-28(3)22-39(34)42(40)32-7-5-4-6-8-32/h3-25H,1-2H3;4-25H,1-3H3. The minimum atomic E-state index is -0.653. The lowest BCUT2D eigenvalue weighted by Crippen LogP contribution is -2.28. The Labute approximate surface area is 506 Å². The maximum Gasteiger partial charge on any atom is 0.150 e. The Bertz CT molecular complexity index is 5060. The Morgan fingerprint density at radius 2 is 0.563 bits per heavy atom. The van der Waals surface area contributed by atoms with Crippen molar-refractivity contribution in [3.05, 3.63) is 344 Å². The van der Waals surface area contributed by atoms with Gasteiger partial charge in [0.2, 0.25) is 0 Å². The highest BCUT2D eigenvalue weighted by molar-refractivity contribution is 6.13. The first-order valence-electron chi connectivity index (χ1n) is 29.8. The van der Waals surface area contributed by atoms with E-state index in [-0.39, 0.29) is 0 Å². The van der Waals surface area contributed by atoms with Crippen molar-refractivity contribution in [2.24, 2.45) is 0 Å². The Morgan fingerprint density at radius 3 is 0.920 bits per heavy atom. The Balaban J connectivity index is 0.000000147. The van der Waals surface area contributed by atoms with Crippen molar-refractivity contribution in [3.63, 3.8) is 0 Å². The first-order chi connectivity index (χ1) is 42.5. The van der Waals surface area contributed by atoms with Crippen LogP contribution in [-0.4, -0.2) is 28.0 Å². The second-order valence-electron chi connectivity index (χ2n) is 23.9. The maximum atomic E-state index is 11.7. The van der Waals surface area contributed by atoms with Crippen molar-refractivity contribution < 1.29 is 14.4 Å². The lowest BCUT2D eigenvalue weighted by Gasteiger charge is -2.34. The molecule has 2 aliphatic rings. The largest absolute Gasteiger partial charge is 0.309 e. The molecule has 2 aliphatic carbocycles. The van der Waals surface area contributed by atoms with Crippen LogP contribution in [0.1, 0.15) is 103 Å². The summed E-state index contributed by atoms with van der Waals surface area (Å²) >= 11 is 0. The molecule has 0 fully saturated rings. The predicted molar refractivity (Wildman–Crippen MR) is 356 cm³/mol. The fraction of sp³-hybridized carbons (Fsp3) is 0.0854. The molecule has 87 heavy (non-hydrogen) atoms. The number of aromatic nitrogens is 2. The van der Waals surface area contributed by atoms with Gasteiger partial charge in [-0.15, -0.1) is 0 Å². The Kier molecular flexibility index (Phi) is 12.5. The molecule has 416 valence electrons. The molecule has 0 saturated carbocycles. The van der Waals surface area contributed by atoms with Gasteiger partial charge in [0.15, 0.2) is 0 Å². The number of nitrogens with zero attached hydrogens (tertiary/aromatic N) is 2. The molecule has 0 N–H and O–H groups in total. The van der Waals surface area contributed by atoms with Crippen LogP contribution in [0, 0.1) is 34.6 Å². The summed E-state index contributed by atoms with van der Waals surface area (Å²) in [5.74, 6) is 0. The second-order valence-corrected chi connectivity index (χ2v) is 23.9. The number of fused-ring (bicyclic) bond motifs is 12. The highest BCUT2D eigenvalue weighted by Crippen LogP contribution is 2.60. The smallest absolute Gasteiger partial charge is 0.150 e. The van der Waals surface area contributed by atoms with Crippen molar-refractivity contribution in [1.29, 1.82) is 0 Å². The van der Waals surface area contributed by atoms with Gasteiger partial charge in [0.1, 0.15) is 18.9 Å². The summed E-state index contributed by atoms with van der Waals surface area (Å²) in [5, 5.41) is 4.87. The molecule has 1 atom stereocenters. The van der Waals surface area contributed by atoms with Crippen molar-refractivity contribution >= 4 is 62.5 Å². The lowest BCUT2D eigenvalue weighted by molar-refractivity contribution is 0.111. The minimum absolute atomic E-state index is 0.536. The minimum Gasteiger partial charge on any atom is -0.309 e. The van der Waals surface area contributed by atoms with Gasteiger partial charge in [0, 0.05) is 49.6 Å². The van der Waals surface area contributed by atoms with Crippen molar-refractivity contribution in [1.82, 2.24) is 9.13 Å². The average Bonchev–Trinajstić information content (AvgIpc) is 1.56. The number of hydrogen-bond donors (Lipinski definition) is 0. The summed E-state index contributed by atoms with van der Waals surface area (Å²) in [4.78, 5) is 35.0. The van der Waals surface area contributed by atoms with Gasteiger partial charge in [-0.3, -0.25) is 14.4 Å². The summed E-state index contributed by atoms with van der Waals surface area (Å²) < 4.78 is 4.79. The van der Waals surface area contributed by atoms with Gasteiger partial charge in [-0.1, -0.05) is 211 Å². The maximum absolute atomic E-state index is 11.7. The molecule has 14 aromatic rings. The van der Waals surface area contributed by atoms with Gasteiger partial charge in [-0.2, -0.15) is 0 Å². The summed E-state index contributed by atoms with van der Waals surface area (Å²) in [6, 6.07) is 91.1. The third-order valence-electron chi connectivity index (χ3n) is 18.6. The van der Waals surface area contributed by atoms with E-state index >= 15 is 0 Å². The van der Waals surface area contributed by atoms with E-state index in [4.69, 9.17) is 0 Å². The molecule has 12 aromatic carbocycles. The molecular weight excluding hydrogens is 1060 g/mol. The first kappa shape index (κ1) is 53.0. The molecule has 5 heteroatoms. The van der Waals surface area contributed by atoms with E-state index in [2.05, 4.69) is 262 Å². The van der Waals surface area contributed by atoms with E-state index in [1.54, 1.807) is 0 Å². The summed E-state index contributed by atoms with van der Waals surface area (Å²) in [5.41, 5.74) is 28.3. The van der Waals surface area contributed by atoms with E-state index in [1.165, 1.54) is 116 Å². The van der Waals surface area contributed by atoms with E-state index in [9.17, 15) is 14.4 Å². The molecule has 0 saturated heterocycles. The van der Waals surface area contributed by atoms with Crippen LogP contribution < -0.4 is 0 Å². The molecular formula is C82H60N2O3.